The lowest BCUT2D eigenvalue weighted by molar-refractivity contribution is 0.0982. The van der Waals surface area contributed by atoms with Crippen LogP contribution in [-0.4, -0.2) is 88.4 Å². The first kappa shape index (κ1) is 28.9. The van der Waals surface area contributed by atoms with E-state index < -0.39 is 0 Å². The third-order valence-corrected chi connectivity index (χ3v) is 5.90. The van der Waals surface area contributed by atoms with Gasteiger partial charge in [-0.2, -0.15) is 0 Å². The van der Waals surface area contributed by atoms with Crippen LogP contribution in [0.1, 0.15) is 38.7 Å². The molecule has 2 rings (SSSR count). The van der Waals surface area contributed by atoms with Gasteiger partial charge in [-0.15, -0.1) is 24.0 Å². The Kier molecular flexibility index (Phi) is 14.2. The summed E-state index contributed by atoms with van der Waals surface area (Å²) < 4.78 is 11.0. The third kappa shape index (κ3) is 10.7. The van der Waals surface area contributed by atoms with Crippen molar-refractivity contribution in [2.45, 2.75) is 45.2 Å². The minimum Gasteiger partial charge on any atom is -0.492 e. The fourth-order valence-corrected chi connectivity index (χ4v) is 3.74. The normalized spacial score (nSPS) is 15.4. The minimum absolute atomic E-state index is 0. The largest absolute Gasteiger partial charge is 0.492 e. The molecule has 0 atom stereocenters. The summed E-state index contributed by atoms with van der Waals surface area (Å²) in [5.74, 6) is 1.73. The summed E-state index contributed by atoms with van der Waals surface area (Å²) in [4.78, 5) is 9.19. The first-order chi connectivity index (χ1) is 14.9. The van der Waals surface area contributed by atoms with Gasteiger partial charge in [-0.3, -0.25) is 9.89 Å². The molecule has 1 fully saturated rings. The van der Waals surface area contributed by atoms with Crippen LogP contribution in [0.15, 0.2) is 29.3 Å². The molecule has 1 aromatic carbocycles. The summed E-state index contributed by atoms with van der Waals surface area (Å²) in [6, 6.07) is 8.24. The summed E-state index contributed by atoms with van der Waals surface area (Å²) in [5.41, 5.74) is 1.28. The Bertz CT molecular complexity index is 666. The number of benzene rings is 1. The summed E-state index contributed by atoms with van der Waals surface area (Å²) in [7, 11) is 5.63. The standard InChI is InChI=1S/C24H43N5O2.HI/c1-24(2,29-12-7-6-8-13-29)20-27-23(25-3)26-19-21-10-9-11-22(18-21)31-17-15-28(4)14-16-30-5;/h9-11,18H,6-8,12-17,19-20H2,1-5H3,(H2,25,26,27);1H. The Hall–Kier alpha value is -1.10. The van der Waals surface area contributed by atoms with Crippen LogP contribution in [0.4, 0.5) is 0 Å². The van der Waals surface area contributed by atoms with Crippen molar-refractivity contribution in [3.8, 4) is 5.75 Å². The SMILES string of the molecule is CN=C(NCc1cccc(OCCN(C)CCOC)c1)NCC(C)(C)N1CCCCC1.I. The monoisotopic (exact) mass is 561 g/mol. The third-order valence-electron chi connectivity index (χ3n) is 5.90. The lowest BCUT2D eigenvalue weighted by atomic mass is 9.98. The minimum atomic E-state index is 0. The highest BCUT2D eigenvalue weighted by Crippen LogP contribution is 2.19. The van der Waals surface area contributed by atoms with Crippen molar-refractivity contribution in [3.63, 3.8) is 0 Å². The Morgan fingerprint density at radius 1 is 1.12 bits per heavy atom. The number of piperidine rings is 1. The smallest absolute Gasteiger partial charge is 0.191 e. The van der Waals surface area contributed by atoms with Gasteiger partial charge in [0, 0.05) is 45.9 Å². The summed E-state index contributed by atoms with van der Waals surface area (Å²) in [6.45, 7) is 11.7. The van der Waals surface area contributed by atoms with E-state index in [9.17, 15) is 0 Å². The van der Waals surface area contributed by atoms with Crippen LogP contribution in [0, 0.1) is 0 Å². The Morgan fingerprint density at radius 3 is 2.53 bits per heavy atom. The number of likely N-dealkylation sites (N-methyl/N-ethyl adjacent to an activating group) is 1. The molecule has 1 aliphatic rings. The molecule has 0 aromatic heterocycles. The highest BCUT2D eigenvalue weighted by Gasteiger charge is 2.27. The molecule has 2 N–H and O–H groups in total. The number of guanidine groups is 1. The first-order valence-corrected chi connectivity index (χ1v) is 11.5. The van der Waals surface area contributed by atoms with Crippen LogP contribution in [0.2, 0.25) is 0 Å². The second-order valence-corrected chi connectivity index (χ2v) is 8.93. The van der Waals surface area contributed by atoms with E-state index in [4.69, 9.17) is 9.47 Å². The van der Waals surface area contributed by atoms with Crippen molar-refractivity contribution >= 4 is 29.9 Å². The maximum atomic E-state index is 5.93. The molecule has 0 unspecified atom stereocenters. The second kappa shape index (κ2) is 15.7. The molecule has 0 bridgehead atoms. The molecule has 32 heavy (non-hydrogen) atoms. The molecule has 184 valence electrons. The Morgan fingerprint density at radius 2 is 1.84 bits per heavy atom. The molecule has 1 aliphatic heterocycles. The van der Waals surface area contributed by atoms with Crippen LogP contribution < -0.4 is 15.4 Å². The lowest BCUT2D eigenvalue weighted by Gasteiger charge is -2.41. The molecule has 0 aliphatic carbocycles. The van der Waals surface area contributed by atoms with Gasteiger partial charge >= 0.3 is 0 Å². The van der Waals surface area contributed by atoms with Gasteiger partial charge < -0.3 is 25.0 Å². The molecule has 7 nitrogen and oxygen atoms in total. The predicted molar refractivity (Wildman–Crippen MR) is 144 cm³/mol. The lowest BCUT2D eigenvalue weighted by Crippen LogP contribution is -2.54. The topological polar surface area (TPSA) is 61.4 Å². The second-order valence-electron chi connectivity index (χ2n) is 8.93. The van der Waals surface area contributed by atoms with E-state index in [2.05, 4.69) is 58.5 Å². The van der Waals surface area contributed by atoms with Crippen molar-refractivity contribution in [2.24, 2.45) is 4.99 Å². The zero-order valence-corrected chi connectivity index (χ0v) is 23.0. The average Bonchev–Trinajstić information content (AvgIpc) is 2.78. The van der Waals surface area contributed by atoms with E-state index in [1.54, 1.807) is 7.11 Å². The fraction of sp³-hybridized carbons (Fsp3) is 0.708. The van der Waals surface area contributed by atoms with Crippen LogP contribution >= 0.6 is 24.0 Å². The number of likely N-dealkylation sites (tertiary alicyclic amines) is 1. The number of aliphatic imine (C=N–C) groups is 1. The van der Waals surface area contributed by atoms with Crippen LogP contribution in [0.3, 0.4) is 0 Å². The van der Waals surface area contributed by atoms with Gasteiger partial charge in [-0.25, -0.2) is 0 Å². The number of hydrogen-bond donors (Lipinski definition) is 2. The quantitative estimate of drug-likeness (QED) is 0.232. The number of halogens is 1. The maximum absolute atomic E-state index is 5.93. The van der Waals surface area contributed by atoms with Crippen molar-refractivity contribution in [1.82, 2.24) is 20.4 Å². The van der Waals surface area contributed by atoms with Gasteiger partial charge in [0.05, 0.1) is 6.61 Å². The van der Waals surface area contributed by atoms with Gasteiger partial charge in [0.25, 0.3) is 0 Å². The van der Waals surface area contributed by atoms with Gasteiger partial charge in [0.2, 0.25) is 0 Å². The van der Waals surface area contributed by atoms with Crippen LogP contribution in [0.25, 0.3) is 0 Å². The van der Waals surface area contributed by atoms with Crippen molar-refractivity contribution in [2.75, 3.05) is 67.1 Å². The molecule has 0 spiro atoms. The van der Waals surface area contributed by atoms with E-state index in [-0.39, 0.29) is 29.5 Å². The first-order valence-electron chi connectivity index (χ1n) is 11.5. The van der Waals surface area contributed by atoms with Gasteiger partial charge in [0.15, 0.2) is 5.96 Å². The molecular weight excluding hydrogens is 517 g/mol. The Labute approximate surface area is 212 Å². The van der Waals surface area contributed by atoms with Crippen molar-refractivity contribution < 1.29 is 9.47 Å². The highest BCUT2D eigenvalue weighted by atomic mass is 127. The molecule has 1 saturated heterocycles. The molecule has 1 heterocycles. The predicted octanol–water partition coefficient (Wildman–Crippen LogP) is 3.19. The fourth-order valence-electron chi connectivity index (χ4n) is 3.74. The summed E-state index contributed by atoms with van der Waals surface area (Å²) in [6.07, 6.45) is 3.97. The zero-order valence-electron chi connectivity index (χ0n) is 20.7. The summed E-state index contributed by atoms with van der Waals surface area (Å²) in [5, 5.41) is 6.93. The molecule has 0 saturated carbocycles. The van der Waals surface area contributed by atoms with Crippen molar-refractivity contribution in [3.05, 3.63) is 29.8 Å². The molecular formula is C24H44IN5O2. The highest BCUT2D eigenvalue weighted by molar-refractivity contribution is 14.0. The number of ether oxygens (including phenoxy) is 2. The van der Waals surface area contributed by atoms with E-state index >= 15 is 0 Å². The molecule has 1 aromatic rings. The van der Waals surface area contributed by atoms with Gasteiger partial charge in [-0.1, -0.05) is 18.6 Å². The maximum Gasteiger partial charge on any atom is 0.191 e. The summed E-state index contributed by atoms with van der Waals surface area (Å²) >= 11 is 0. The van der Waals surface area contributed by atoms with E-state index in [0.29, 0.717) is 13.2 Å². The van der Waals surface area contributed by atoms with Gasteiger partial charge in [0.1, 0.15) is 12.4 Å². The van der Waals surface area contributed by atoms with E-state index in [1.807, 2.05) is 19.2 Å². The zero-order chi connectivity index (χ0) is 22.5. The number of nitrogens with one attached hydrogen (secondary N) is 2. The Balaban J connectivity index is 0.00000512. The van der Waals surface area contributed by atoms with Crippen LogP contribution in [-0.2, 0) is 11.3 Å². The van der Waals surface area contributed by atoms with Gasteiger partial charge in [-0.05, 0) is 64.5 Å². The number of nitrogens with zero attached hydrogens (tertiary/aromatic N) is 3. The molecule has 0 radical (unpaired) electrons. The molecule has 8 heteroatoms. The van der Waals surface area contributed by atoms with Crippen molar-refractivity contribution in [1.29, 1.82) is 0 Å². The average molecular weight is 562 g/mol. The molecule has 0 amide bonds. The van der Waals surface area contributed by atoms with E-state index in [0.717, 1.165) is 38.0 Å². The number of hydrogen-bond acceptors (Lipinski definition) is 5. The van der Waals surface area contributed by atoms with E-state index in [1.165, 1.54) is 37.9 Å². The number of rotatable bonds is 12. The number of methoxy groups -OCH3 is 1. The van der Waals surface area contributed by atoms with Crippen LogP contribution in [0.5, 0.6) is 5.75 Å².